The maximum Gasteiger partial charge on any atom is 0.330 e. The van der Waals surface area contributed by atoms with Crippen LogP contribution in [0.4, 0.5) is 8.78 Å². The third kappa shape index (κ3) is 3.50. The third-order valence-electron chi connectivity index (χ3n) is 1.64. The first-order valence-electron chi connectivity index (χ1n) is 4.43. The monoisotopic (exact) mass is 212 g/mol. The van der Waals surface area contributed by atoms with Gasteiger partial charge in [0, 0.05) is 11.6 Å². The minimum absolute atomic E-state index is 0.0167. The Bertz CT molecular complexity index is 386. The number of carbonyl (C=O) groups is 1. The predicted molar refractivity (Wildman–Crippen MR) is 52.0 cm³/mol. The molecule has 0 aromatic heterocycles. The molecule has 80 valence electrons. The van der Waals surface area contributed by atoms with Crippen LogP contribution in [0.15, 0.2) is 24.3 Å². The first-order chi connectivity index (χ1) is 7.13. The lowest BCUT2D eigenvalue weighted by Gasteiger charge is -1.97. The summed E-state index contributed by atoms with van der Waals surface area (Å²) in [7, 11) is 0. The van der Waals surface area contributed by atoms with Crippen molar-refractivity contribution in [1.29, 1.82) is 0 Å². The van der Waals surface area contributed by atoms with Crippen molar-refractivity contribution in [3.05, 3.63) is 41.5 Å². The van der Waals surface area contributed by atoms with E-state index in [-0.39, 0.29) is 12.2 Å². The fourth-order valence-electron chi connectivity index (χ4n) is 0.991. The van der Waals surface area contributed by atoms with Crippen LogP contribution in [-0.4, -0.2) is 12.6 Å². The van der Waals surface area contributed by atoms with E-state index < -0.39 is 17.6 Å². The lowest BCUT2D eigenvalue weighted by Crippen LogP contribution is -1.98. The van der Waals surface area contributed by atoms with E-state index in [1.54, 1.807) is 6.92 Å². The highest BCUT2D eigenvalue weighted by atomic mass is 19.1. The summed E-state index contributed by atoms with van der Waals surface area (Å²) in [6, 6.07) is 3.02. The van der Waals surface area contributed by atoms with Gasteiger partial charge in [0.05, 0.1) is 6.61 Å². The van der Waals surface area contributed by atoms with Gasteiger partial charge in [-0.05, 0) is 31.2 Å². The van der Waals surface area contributed by atoms with E-state index in [1.165, 1.54) is 6.08 Å². The van der Waals surface area contributed by atoms with Crippen molar-refractivity contribution >= 4 is 12.0 Å². The van der Waals surface area contributed by atoms with Gasteiger partial charge in [-0.15, -0.1) is 0 Å². The third-order valence-corrected chi connectivity index (χ3v) is 1.64. The van der Waals surface area contributed by atoms with Crippen LogP contribution in [-0.2, 0) is 9.53 Å². The Hall–Kier alpha value is -1.71. The van der Waals surface area contributed by atoms with Crippen LogP contribution < -0.4 is 0 Å². The molecule has 0 N–H and O–H groups in total. The van der Waals surface area contributed by atoms with E-state index in [9.17, 15) is 13.6 Å². The van der Waals surface area contributed by atoms with Crippen molar-refractivity contribution in [2.24, 2.45) is 0 Å². The number of hydrogen-bond acceptors (Lipinski definition) is 2. The van der Waals surface area contributed by atoms with Crippen LogP contribution in [0, 0.1) is 11.6 Å². The first kappa shape index (κ1) is 11.4. The topological polar surface area (TPSA) is 26.3 Å². The number of rotatable bonds is 3. The number of esters is 1. The van der Waals surface area contributed by atoms with E-state index in [2.05, 4.69) is 4.74 Å². The highest BCUT2D eigenvalue weighted by Crippen LogP contribution is 2.11. The highest BCUT2D eigenvalue weighted by Gasteiger charge is 2.01. The molecular formula is C11H10F2O2. The molecule has 0 aliphatic carbocycles. The summed E-state index contributed by atoms with van der Waals surface area (Å²) < 4.78 is 30.3. The van der Waals surface area contributed by atoms with Crippen LogP contribution in [0.3, 0.4) is 0 Å². The second kappa shape index (κ2) is 5.24. The normalized spacial score (nSPS) is 10.6. The molecule has 0 amide bonds. The summed E-state index contributed by atoms with van der Waals surface area (Å²) in [6.07, 6.45) is 2.23. The molecule has 0 unspecified atom stereocenters. The fraction of sp³-hybridized carbons (Fsp3) is 0.182. The van der Waals surface area contributed by atoms with E-state index in [0.29, 0.717) is 0 Å². The van der Waals surface area contributed by atoms with Gasteiger partial charge in [0.15, 0.2) is 0 Å². The number of benzene rings is 1. The van der Waals surface area contributed by atoms with Crippen molar-refractivity contribution < 1.29 is 18.3 Å². The number of carbonyl (C=O) groups excluding carboxylic acids is 1. The minimum Gasteiger partial charge on any atom is -0.463 e. The van der Waals surface area contributed by atoms with Gasteiger partial charge in [0.25, 0.3) is 0 Å². The van der Waals surface area contributed by atoms with E-state index in [1.807, 2.05) is 0 Å². The molecule has 0 aliphatic heterocycles. The molecule has 1 aromatic carbocycles. The molecule has 2 nitrogen and oxygen atoms in total. The van der Waals surface area contributed by atoms with Crippen molar-refractivity contribution in [3.8, 4) is 0 Å². The van der Waals surface area contributed by atoms with Crippen molar-refractivity contribution in [2.45, 2.75) is 6.92 Å². The Labute approximate surface area is 86.2 Å². The largest absolute Gasteiger partial charge is 0.463 e. The highest BCUT2D eigenvalue weighted by molar-refractivity contribution is 5.87. The van der Waals surface area contributed by atoms with Crippen LogP contribution in [0.25, 0.3) is 6.08 Å². The first-order valence-corrected chi connectivity index (χ1v) is 4.43. The second-order valence-electron chi connectivity index (χ2n) is 2.75. The van der Waals surface area contributed by atoms with Crippen LogP contribution >= 0.6 is 0 Å². The Balaban J connectivity index is 2.79. The van der Waals surface area contributed by atoms with Crippen molar-refractivity contribution in [1.82, 2.24) is 0 Å². The molecule has 0 atom stereocenters. The van der Waals surface area contributed by atoms with E-state index in [4.69, 9.17) is 0 Å². The maximum absolute atomic E-state index is 13.0. The molecule has 0 fully saturated rings. The zero-order valence-corrected chi connectivity index (χ0v) is 8.17. The van der Waals surface area contributed by atoms with Crippen LogP contribution in [0.5, 0.6) is 0 Å². The summed E-state index contributed by atoms with van der Waals surface area (Å²) >= 11 is 0. The van der Waals surface area contributed by atoms with Gasteiger partial charge in [0.1, 0.15) is 11.6 Å². The maximum atomic E-state index is 13.0. The van der Waals surface area contributed by atoms with Gasteiger partial charge in [-0.2, -0.15) is 0 Å². The Morgan fingerprint density at radius 3 is 2.87 bits per heavy atom. The molecule has 0 bridgehead atoms. The molecular weight excluding hydrogens is 202 g/mol. The molecule has 1 aromatic rings. The van der Waals surface area contributed by atoms with Gasteiger partial charge in [0.2, 0.25) is 0 Å². The summed E-state index contributed by atoms with van der Waals surface area (Å²) in [5, 5.41) is 0. The van der Waals surface area contributed by atoms with Gasteiger partial charge in [-0.1, -0.05) is 0 Å². The summed E-state index contributed by atoms with van der Waals surface area (Å²) in [4.78, 5) is 10.9. The summed E-state index contributed by atoms with van der Waals surface area (Å²) in [5.74, 6) is -1.72. The lowest BCUT2D eigenvalue weighted by atomic mass is 10.2. The molecule has 0 saturated carbocycles. The summed E-state index contributed by atoms with van der Waals surface area (Å²) in [5.41, 5.74) is 0.0167. The van der Waals surface area contributed by atoms with Gasteiger partial charge in [-0.3, -0.25) is 0 Å². The molecule has 1 rings (SSSR count). The molecule has 0 spiro atoms. The Morgan fingerprint density at radius 2 is 2.20 bits per heavy atom. The smallest absolute Gasteiger partial charge is 0.330 e. The van der Waals surface area contributed by atoms with E-state index >= 15 is 0 Å². The van der Waals surface area contributed by atoms with Gasteiger partial charge >= 0.3 is 5.97 Å². The molecule has 0 aliphatic rings. The molecule has 0 saturated heterocycles. The quantitative estimate of drug-likeness (QED) is 0.568. The number of halogens is 2. The SMILES string of the molecule is CCOC(=O)/C=C\c1cc(F)ccc1F. The predicted octanol–water partition coefficient (Wildman–Crippen LogP) is 2.54. The average Bonchev–Trinajstić information content (AvgIpc) is 2.20. The second-order valence-corrected chi connectivity index (χ2v) is 2.75. The van der Waals surface area contributed by atoms with Gasteiger partial charge in [-0.25, -0.2) is 13.6 Å². The zero-order valence-electron chi connectivity index (χ0n) is 8.17. The molecule has 15 heavy (non-hydrogen) atoms. The molecule has 4 heteroatoms. The molecule has 0 radical (unpaired) electrons. The minimum atomic E-state index is -0.586. The zero-order chi connectivity index (χ0) is 11.3. The van der Waals surface area contributed by atoms with Crippen LogP contribution in [0.1, 0.15) is 12.5 Å². The Kier molecular flexibility index (Phi) is 3.97. The van der Waals surface area contributed by atoms with Crippen molar-refractivity contribution in [2.75, 3.05) is 6.61 Å². The standard InChI is InChI=1S/C11H10F2O2/c1-2-15-11(14)6-3-8-7-9(12)4-5-10(8)13/h3-7H,2H2,1H3/b6-3-. The lowest BCUT2D eigenvalue weighted by molar-refractivity contribution is -0.137. The number of ether oxygens (including phenoxy) is 1. The molecule has 0 heterocycles. The van der Waals surface area contributed by atoms with Gasteiger partial charge < -0.3 is 4.74 Å². The van der Waals surface area contributed by atoms with Crippen LogP contribution in [0.2, 0.25) is 0 Å². The van der Waals surface area contributed by atoms with Crippen molar-refractivity contribution in [3.63, 3.8) is 0 Å². The average molecular weight is 212 g/mol. The van der Waals surface area contributed by atoms with E-state index in [0.717, 1.165) is 24.3 Å². The fourth-order valence-corrected chi connectivity index (χ4v) is 0.991. The summed E-state index contributed by atoms with van der Waals surface area (Å²) in [6.45, 7) is 1.91. The Morgan fingerprint density at radius 1 is 1.47 bits per heavy atom. The number of hydrogen-bond donors (Lipinski definition) is 0.